The Morgan fingerprint density at radius 2 is 0.754 bits per heavy atom. The lowest BCUT2D eigenvalue weighted by Gasteiger charge is -2.32. The minimum absolute atomic E-state index is 0.143. The Morgan fingerprint density at radius 3 is 1.39 bits per heavy atom. The lowest BCUT2D eigenvalue weighted by atomic mass is 9.77. The fraction of sp³-hybridized carbons (Fsp3) is 0.100. The van der Waals surface area contributed by atoms with Crippen molar-refractivity contribution in [2.24, 2.45) is 0 Å². The second-order valence-corrected chi connectivity index (χ2v) is 17.7. The molecule has 11 rings (SSSR count). The van der Waals surface area contributed by atoms with Crippen LogP contribution in [-0.4, -0.2) is 0 Å². The summed E-state index contributed by atoms with van der Waals surface area (Å²) >= 11 is 0. The van der Waals surface area contributed by atoms with Crippen molar-refractivity contribution in [1.82, 2.24) is 0 Å². The van der Waals surface area contributed by atoms with Gasteiger partial charge in [-0.25, -0.2) is 0 Å². The van der Waals surface area contributed by atoms with Gasteiger partial charge in [-0.1, -0.05) is 204 Å². The Morgan fingerprint density at radius 1 is 0.295 bits per heavy atom. The van der Waals surface area contributed by atoms with Crippen molar-refractivity contribution < 1.29 is 0 Å². The Hall–Kier alpha value is -7.22. The third-order valence-corrected chi connectivity index (χ3v) is 13.5. The molecule has 9 aromatic carbocycles. The van der Waals surface area contributed by atoms with Gasteiger partial charge in [-0.15, -0.1) is 0 Å². The zero-order chi connectivity index (χ0) is 41.3. The largest absolute Gasteiger partial charge is 0.310 e. The topological polar surface area (TPSA) is 3.24 Å². The quantitative estimate of drug-likeness (QED) is 0.156. The average molecular weight is 782 g/mol. The van der Waals surface area contributed by atoms with Gasteiger partial charge >= 0.3 is 0 Å². The zero-order valence-corrected chi connectivity index (χ0v) is 35.2. The van der Waals surface area contributed by atoms with E-state index in [9.17, 15) is 0 Å². The Balaban J connectivity index is 1.19. The summed E-state index contributed by atoms with van der Waals surface area (Å²) in [5.41, 5.74) is 23.5. The molecule has 0 heterocycles. The van der Waals surface area contributed by atoms with Crippen LogP contribution in [0.15, 0.2) is 212 Å². The van der Waals surface area contributed by atoms with E-state index in [1.165, 1.54) is 89.0 Å². The second kappa shape index (κ2) is 14.2. The molecule has 0 amide bonds. The van der Waals surface area contributed by atoms with Gasteiger partial charge in [-0.3, -0.25) is 0 Å². The number of benzene rings is 9. The van der Waals surface area contributed by atoms with E-state index in [0.717, 1.165) is 17.1 Å². The molecular formula is C60H47N. The Bertz CT molecular complexity index is 3090. The standard InChI is InChI=1S/C60H47N/c1-59(2)53-28-18-17-27-49(53)50-34-33-46(37-54(50)59)61(45-31-29-41(30-32-45)40-19-9-5-10-20-40)56-39-55-52(38-51(56)44-25-15-8-16-26-44)57-47(42-21-11-6-12-22-42)35-36-48(58(57)60(55,3)4)43-23-13-7-14-24-43/h5-39H,1-4H3. The molecule has 0 aromatic heterocycles. The fourth-order valence-electron chi connectivity index (χ4n) is 10.4. The number of anilines is 3. The predicted molar refractivity (Wildman–Crippen MR) is 258 cm³/mol. The van der Waals surface area contributed by atoms with Crippen LogP contribution >= 0.6 is 0 Å². The SMILES string of the molecule is CC1(C)c2ccccc2-c2ccc(N(c3ccc(-c4ccccc4)cc3)c3cc4c(cc3-c3ccccc3)-c3c(-c5ccccc5)ccc(-c5ccccc5)c3C4(C)C)cc21. The van der Waals surface area contributed by atoms with E-state index < -0.39 is 0 Å². The van der Waals surface area contributed by atoms with Gasteiger partial charge in [0.15, 0.2) is 0 Å². The summed E-state index contributed by atoms with van der Waals surface area (Å²) in [6.45, 7) is 9.61. The van der Waals surface area contributed by atoms with Gasteiger partial charge in [0.25, 0.3) is 0 Å². The number of fused-ring (bicyclic) bond motifs is 6. The van der Waals surface area contributed by atoms with Crippen LogP contribution in [0.2, 0.25) is 0 Å². The summed E-state index contributed by atoms with van der Waals surface area (Å²) in [7, 11) is 0. The maximum Gasteiger partial charge on any atom is 0.0543 e. The van der Waals surface area contributed by atoms with Gasteiger partial charge in [0, 0.05) is 27.8 Å². The number of nitrogens with zero attached hydrogens (tertiary/aromatic N) is 1. The molecule has 2 aliphatic carbocycles. The first-order valence-electron chi connectivity index (χ1n) is 21.5. The molecule has 0 saturated carbocycles. The van der Waals surface area contributed by atoms with Crippen molar-refractivity contribution in [1.29, 1.82) is 0 Å². The molecule has 0 spiro atoms. The molecule has 1 heteroatoms. The van der Waals surface area contributed by atoms with Crippen LogP contribution < -0.4 is 4.90 Å². The molecule has 0 N–H and O–H groups in total. The Kier molecular flexibility index (Phi) is 8.58. The molecule has 9 aromatic rings. The van der Waals surface area contributed by atoms with Gasteiger partial charge in [0.1, 0.15) is 0 Å². The van der Waals surface area contributed by atoms with Crippen LogP contribution in [0.3, 0.4) is 0 Å². The molecular weight excluding hydrogens is 735 g/mol. The van der Waals surface area contributed by atoms with Crippen LogP contribution in [-0.2, 0) is 10.8 Å². The van der Waals surface area contributed by atoms with Crippen molar-refractivity contribution >= 4 is 17.1 Å². The first kappa shape index (κ1) is 36.8. The molecule has 0 saturated heterocycles. The Labute approximate surface area is 360 Å². The molecule has 292 valence electrons. The summed E-state index contributed by atoms with van der Waals surface area (Å²) in [6, 6.07) is 78.5. The van der Waals surface area contributed by atoms with Gasteiger partial charge < -0.3 is 4.90 Å². The molecule has 61 heavy (non-hydrogen) atoms. The molecule has 0 fully saturated rings. The highest BCUT2D eigenvalue weighted by molar-refractivity contribution is 6.02. The molecule has 1 nitrogen and oxygen atoms in total. The molecule has 0 radical (unpaired) electrons. The molecule has 0 atom stereocenters. The highest BCUT2D eigenvalue weighted by Gasteiger charge is 2.41. The van der Waals surface area contributed by atoms with E-state index in [4.69, 9.17) is 0 Å². The van der Waals surface area contributed by atoms with E-state index in [2.05, 4.69) is 245 Å². The molecule has 0 aliphatic heterocycles. The van der Waals surface area contributed by atoms with Crippen LogP contribution in [0.5, 0.6) is 0 Å². The minimum Gasteiger partial charge on any atom is -0.310 e. The van der Waals surface area contributed by atoms with Crippen molar-refractivity contribution in [2.75, 3.05) is 4.90 Å². The van der Waals surface area contributed by atoms with Crippen molar-refractivity contribution in [3.8, 4) is 66.8 Å². The van der Waals surface area contributed by atoms with E-state index in [0.29, 0.717) is 0 Å². The van der Waals surface area contributed by atoms with Crippen LogP contribution in [0.25, 0.3) is 66.8 Å². The van der Waals surface area contributed by atoms with Crippen LogP contribution in [0.1, 0.15) is 49.9 Å². The first-order chi connectivity index (χ1) is 29.8. The summed E-state index contributed by atoms with van der Waals surface area (Å²) < 4.78 is 0. The third-order valence-electron chi connectivity index (χ3n) is 13.5. The monoisotopic (exact) mass is 781 g/mol. The summed E-state index contributed by atoms with van der Waals surface area (Å²) in [4.78, 5) is 2.52. The number of rotatable bonds is 7. The van der Waals surface area contributed by atoms with Gasteiger partial charge in [-0.2, -0.15) is 0 Å². The van der Waals surface area contributed by atoms with E-state index in [-0.39, 0.29) is 10.8 Å². The highest BCUT2D eigenvalue weighted by atomic mass is 15.1. The number of hydrogen-bond acceptors (Lipinski definition) is 1. The van der Waals surface area contributed by atoms with E-state index in [1.807, 2.05) is 0 Å². The highest BCUT2D eigenvalue weighted by Crippen LogP contribution is 2.59. The smallest absolute Gasteiger partial charge is 0.0543 e. The lowest BCUT2D eigenvalue weighted by molar-refractivity contribution is 0.660. The first-order valence-corrected chi connectivity index (χ1v) is 21.5. The van der Waals surface area contributed by atoms with Crippen molar-refractivity contribution in [3.63, 3.8) is 0 Å². The third kappa shape index (κ3) is 5.91. The molecule has 0 bridgehead atoms. The van der Waals surface area contributed by atoms with Crippen molar-refractivity contribution in [3.05, 3.63) is 235 Å². The second-order valence-electron chi connectivity index (χ2n) is 17.7. The number of hydrogen-bond donors (Lipinski definition) is 0. The maximum absolute atomic E-state index is 2.53. The maximum atomic E-state index is 2.53. The average Bonchev–Trinajstić information content (AvgIpc) is 3.69. The summed E-state index contributed by atoms with van der Waals surface area (Å²) in [5.74, 6) is 0. The lowest BCUT2D eigenvalue weighted by Crippen LogP contribution is -2.19. The van der Waals surface area contributed by atoms with Crippen LogP contribution in [0.4, 0.5) is 17.1 Å². The van der Waals surface area contributed by atoms with Gasteiger partial charge in [-0.05, 0) is 120 Å². The molecule has 0 unspecified atom stereocenters. The van der Waals surface area contributed by atoms with E-state index >= 15 is 0 Å². The van der Waals surface area contributed by atoms with Crippen molar-refractivity contribution in [2.45, 2.75) is 38.5 Å². The summed E-state index contributed by atoms with van der Waals surface area (Å²) in [5, 5.41) is 0. The fourth-order valence-corrected chi connectivity index (χ4v) is 10.4. The van der Waals surface area contributed by atoms with Gasteiger partial charge in [0.2, 0.25) is 0 Å². The molecule has 2 aliphatic rings. The van der Waals surface area contributed by atoms with E-state index in [1.54, 1.807) is 0 Å². The predicted octanol–water partition coefficient (Wildman–Crippen LogP) is 16.4. The van der Waals surface area contributed by atoms with Gasteiger partial charge in [0.05, 0.1) is 5.69 Å². The normalized spacial score (nSPS) is 13.8. The zero-order valence-electron chi connectivity index (χ0n) is 35.2. The van der Waals surface area contributed by atoms with Crippen LogP contribution in [0, 0.1) is 0 Å². The minimum atomic E-state index is -0.311. The summed E-state index contributed by atoms with van der Waals surface area (Å²) in [6.07, 6.45) is 0.